The van der Waals surface area contributed by atoms with E-state index in [-0.39, 0.29) is 5.91 Å². The summed E-state index contributed by atoms with van der Waals surface area (Å²) in [6.45, 7) is 3.71. The third kappa shape index (κ3) is 2.27. The molecule has 1 amide bonds. The molecule has 112 valence electrons. The van der Waals surface area contributed by atoms with Crippen LogP contribution >= 0.6 is 11.3 Å². The van der Waals surface area contributed by atoms with E-state index in [1.807, 2.05) is 25.3 Å². The van der Waals surface area contributed by atoms with Crippen LogP contribution in [-0.2, 0) is 0 Å². The van der Waals surface area contributed by atoms with Gasteiger partial charge >= 0.3 is 0 Å². The molecule has 0 aliphatic heterocycles. The molecular weight excluding hydrogens is 300 g/mol. The number of anilines is 1. The van der Waals surface area contributed by atoms with Gasteiger partial charge in [-0.1, -0.05) is 5.16 Å². The highest BCUT2D eigenvalue weighted by atomic mass is 32.1. The van der Waals surface area contributed by atoms with Gasteiger partial charge in [-0.05, 0) is 32.8 Å². The van der Waals surface area contributed by atoms with Gasteiger partial charge in [-0.3, -0.25) is 10.1 Å². The third-order valence-electron chi connectivity index (χ3n) is 3.72. The van der Waals surface area contributed by atoms with Gasteiger partial charge in [0.25, 0.3) is 11.6 Å². The Balaban J connectivity index is 1.78. The van der Waals surface area contributed by atoms with Gasteiger partial charge in [0.05, 0.1) is 22.3 Å². The largest absolute Gasteiger partial charge is 0.336 e. The molecule has 4 rings (SSSR count). The average molecular weight is 314 g/mol. The van der Waals surface area contributed by atoms with Crippen molar-refractivity contribution in [1.29, 1.82) is 0 Å². The zero-order valence-electron chi connectivity index (χ0n) is 12.2. The van der Waals surface area contributed by atoms with E-state index >= 15 is 0 Å². The second-order valence-electron chi connectivity index (χ2n) is 5.57. The second kappa shape index (κ2) is 4.88. The van der Waals surface area contributed by atoms with Crippen molar-refractivity contribution in [3.8, 4) is 0 Å². The smallest absolute Gasteiger partial charge is 0.259 e. The number of hydrogen-bond donors (Lipinski definition) is 1. The fraction of sp³-hybridized carbons (Fsp3) is 0.333. The summed E-state index contributed by atoms with van der Waals surface area (Å²) < 4.78 is 5.26. The Bertz CT molecular complexity index is 879. The van der Waals surface area contributed by atoms with E-state index in [2.05, 4.69) is 20.4 Å². The number of hydrogen-bond acceptors (Lipinski definition) is 6. The van der Waals surface area contributed by atoms with Crippen LogP contribution in [0.5, 0.6) is 0 Å². The number of amides is 1. The lowest BCUT2D eigenvalue weighted by molar-refractivity contribution is 0.102. The van der Waals surface area contributed by atoms with Gasteiger partial charge in [-0.15, -0.1) is 11.3 Å². The molecule has 1 aliphatic carbocycles. The number of rotatable bonds is 3. The summed E-state index contributed by atoms with van der Waals surface area (Å²) in [5.74, 6) is 0.235. The third-order valence-corrected chi connectivity index (χ3v) is 4.59. The Morgan fingerprint density at radius 1 is 1.36 bits per heavy atom. The lowest BCUT2D eigenvalue weighted by Crippen LogP contribution is -2.13. The van der Waals surface area contributed by atoms with Gasteiger partial charge in [-0.25, -0.2) is 9.97 Å². The van der Waals surface area contributed by atoms with Crippen LogP contribution in [0.3, 0.4) is 0 Å². The summed E-state index contributed by atoms with van der Waals surface area (Å²) in [6, 6.07) is 1.86. The molecule has 22 heavy (non-hydrogen) atoms. The fourth-order valence-electron chi connectivity index (χ4n) is 2.46. The normalized spacial score (nSPS) is 14.5. The molecule has 1 aliphatic rings. The fourth-order valence-corrected chi connectivity index (χ4v) is 3.14. The van der Waals surface area contributed by atoms with Crippen LogP contribution < -0.4 is 5.32 Å². The lowest BCUT2D eigenvalue weighted by atomic mass is 10.1. The van der Waals surface area contributed by atoms with Crippen LogP contribution in [0, 0.1) is 13.8 Å². The molecule has 0 atom stereocenters. The highest BCUT2D eigenvalue weighted by molar-refractivity contribution is 7.13. The number of carbonyl (C=O) groups excluding carboxylic acids is 1. The molecule has 0 saturated heterocycles. The Kier molecular flexibility index (Phi) is 2.97. The van der Waals surface area contributed by atoms with Gasteiger partial charge in [0.1, 0.15) is 0 Å². The highest BCUT2D eigenvalue weighted by Gasteiger charge is 2.28. The van der Waals surface area contributed by atoms with E-state index in [0.29, 0.717) is 33.4 Å². The predicted octanol–water partition coefficient (Wildman–Crippen LogP) is 3.43. The first kappa shape index (κ1) is 13.4. The standard InChI is InChI=1S/C15H14N4O2S/c1-7-6-22-15(16-7)18-13(20)10-5-11(9-3-4-9)17-14-12(10)8(2)19-21-14/h5-6,9H,3-4H2,1-2H3,(H,16,18,20). The molecule has 0 radical (unpaired) electrons. The molecule has 1 saturated carbocycles. The van der Waals surface area contributed by atoms with Crippen molar-refractivity contribution < 1.29 is 9.32 Å². The van der Waals surface area contributed by atoms with Crippen LogP contribution in [0.4, 0.5) is 5.13 Å². The molecule has 6 nitrogen and oxygen atoms in total. The van der Waals surface area contributed by atoms with Gasteiger partial charge in [0.2, 0.25) is 0 Å². The monoisotopic (exact) mass is 314 g/mol. The van der Waals surface area contributed by atoms with Crippen molar-refractivity contribution in [3.63, 3.8) is 0 Å². The number of nitrogens with zero attached hydrogens (tertiary/aromatic N) is 3. The molecule has 0 aromatic carbocycles. The van der Waals surface area contributed by atoms with Crippen molar-refractivity contribution in [3.05, 3.63) is 34.1 Å². The SMILES string of the molecule is Cc1csc(NC(=O)c2cc(C3CC3)nc3onc(C)c23)n1. The Morgan fingerprint density at radius 2 is 2.18 bits per heavy atom. The summed E-state index contributed by atoms with van der Waals surface area (Å²) in [6.07, 6.45) is 2.22. The molecule has 3 heterocycles. The molecule has 0 unspecified atom stereocenters. The lowest BCUT2D eigenvalue weighted by Gasteiger charge is -2.05. The van der Waals surface area contributed by atoms with Crippen LogP contribution in [0.15, 0.2) is 16.0 Å². The van der Waals surface area contributed by atoms with Crippen LogP contribution in [0.1, 0.15) is 46.2 Å². The maximum atomic E-state index is 12.6. The zero-order valence-corrected chi connectivity index (χ0v) is 13.0. The Labute approximate surface area is 130 Å². The summed E-state index contributed by atoms with van der Waals surface area (Å²) in [5.41, 5.74) is 3.45. The summed E-state index contributed by atoms with van der Waals surface area (Å²) >= 11 is 1.41. The minimum atomic E-state index is -0.199. The van der Waals surface area contributed by atoms with Gasteiger partial charge in [0, 0.05) is 17.0 Å². The Morgan fingerprint density at radius 3 is 2.86 bits per heavy atom. The maximum absolute atomic E-state index is 12.6. The summed E-state index contributed by atoms with van der Waals surface area (Å²) in [7, 11) is 0. The van der Waals surface area contributed by atoms with Crippen LogP contribution in [0.2, 0.25) is 0 Å². The molecular formula is C15H14N4O2S. The Hall–Kier alpha value is -2.28. The number of aromatic nitrogens is 3. The molecule has 1 N–H and O–H groups in total. The average Bonchev–Trinajstić information content (AvgIpc) is 3.18. The number of aryl methyl sites for hydroxylation is 2. The number of thiazole rings is 1. The van der Waals surface area contributed by atoms with Crippen LogP contribution in [-0.4, -0.2) is 21.0 Å². The first-order valence-corrected chi connectivity index (χ1v) is 8.00. The van der Waals surface area contributed by atoms with Gasteiger partial charge in [0.15, 0.2) is 5.13 Å². The van der Waals surface area contributed by atoms with Gasteiger partial charge in [-0.2, -0.15) is 0 Å². The molecule has 0 bridgehead atoms. The summed E-state index contributed by atoms with van der Waals surface area (Å²) in [4.78, 5) is 21.4. The topological polar surface area (TPSA) is 80.9 Å². The van der Waals surface area contributed by atoms with Crippen molar-refractivity contribution in [2.45, 2.75) is 32.6 Å². The minimum Gasteiger partial charge on any atom is -0.336 e. The van der Waals surface area contributed by atoms with Crippen molar-refractivity contribution in [2.75, 3.05) is 5.32 Å². The summed E-state index contributed by atoms with van der Waals surface area (Å²) in [5, 5.41) is 9.96. The van der Waals surface area contributed by atoms with Crippen LogP contribution in [0.25, 0.3) is 11.1 Å². The van der Waals surface area contributed by atoms with E-state index in [1.165, 1.54) is 11.3 Å². The number of nitrogens with one attached hydrogen (secondary N) is 1. The number of fused-ring (bicyclic) bond motifs is 1. The van der Waals surface area contributed by atoms with Gasteiger partial charge < -0.3 is 4.52 Å². The molecule has 3 aromatic rings. The first-order valence-electron chi connectivity index (χ1n) is 7.12. The maximum Gasteiger partial charge on any atom is 0.259 e. The van der Waals surface area contributed by atoms with Crippen molar-refractivity contribution in [2.24, 2.45) is 0 Å². The van der Waals surface area contributed by atoms with E-state index in [9.17, 15) is 4.79 Å². The quantitative estimate of drug-likeness (QED) is 0.801. The predicted molar refractivity (Wildman–Crippen MR) is 83.3 cm³/mol. The molecule has 1 fully saturated rings. The number of pyridine rings is 1. The zero-order chi connectivity index (χ0) is 15.3. The molecule has 0 spiro atoms. The minimum absolute atomic E-state index is 0.199. The van der Waals surface area contributed by atoms with Crippen molar-refractivity contribution >= 4 is 33.5 Å². The second-order valence-corrected chi connectivity index (χ2v) is 6.42. The van der Waals surface area contributed by atoms with E-state index < -0.39 is 0 Å². The highest BCUT2D eigenvalue weighted by Crippen LogP contribution is 2.40. The van der Waals surface area contributed by atoms with E-state index in [0.717, 1.165) is 24.2 Å². The van der Waals surface area contributed by atoms with Crippen molar-refractivity contribution in [1.82, 2.24) is 15.1 Å². The molecule has 3 aromatic heterocycles. The molecule has 7 heteroatoms. The van der Waals surface area contributed by atoms with E-state index in [1.54, 1.807) is 0 Å². The number of carbonyl (C=O) groups is 1. The first-order chi connectivity index (χ1) is 10.6. The van der Waals surface area contributed by atoms with E-state index in [4.69, 9.17) is 4.52 Å².